The molecule has 1 heterocycles. The summed E-state index contributed by atoms with van der Waals surface area (Å²) in [5.74, 6) is -0.0728. The molecule has 2 atom stereocenters. The summed E-state index contributed by atoms with van der Waals surface area (Å²) in [7, 11) is 0. The van der Waals surface area contributed by atoms with Crippen molar-refractivity contribution >= 4 is 5.91 Å². The Bertz CT molecular complexity index is 171. The Labute approximate surface area is 73.2 Å². The van der Waals surface area contributed by atoms with Crippen LogP contribution in [0.4, 0.5) is 0 Å². The Morgan fingerprint density at radius 1 is 1.67 bits per heavy atom. The molecule has 1 aliphatic heterocycles. The third-order valence-electron chi connectivity index (χ3n) is 2.19. The van der Waals surface area contributed by atoms with Crippen LogP contribution in [-0.4, -0.2) is 24.5 Å². The van der Waals surface area contributed by atoms with E-state index < -0.39 is 0 Å². The number of rotatable bonds is 2. The van der Waals surface area contributed by atoms with E-state index in [4.69, 9.17) is 0 Å². The summed E-state index contributed by atoms with van der Waals surface area (Å²) in [6.07, 6.45) is 3.51. The zero-order valence-electron chi connectivity index (χ0n) is 7.47. The third-order valence-corrected chi connectivity index (χ3v) is 2.19. The molecule has 1 amide bonds. The zero-order valence-corrected chi connectivity index (χ0v) is 7.47. The Morgan fingerprint density at radius 3 is 2.92 bits per heavy atom. The van der Waals surface area contributed by atoms with Crippen LogP contribution in [0.1, 0.15) is 19.8 Å². The van der Waals surface area contributed by atoms with Gasteiger partial charge in [0.1, 0.15) is 0 Å². The van der Waals surface area contributed by atoms with Gasteiger partial charge in [0.15, 0.2) is 0 Å². The fourth-order valence-electron chi connectivity index (χ4n) is 1.38. The molecule has 68 valence electrons. The lowest BCUT2D eigenvalue weighted by atomic mass is 10.0. The molecule has 0 radical (unpaired) electrons. The van der Waals surface area contributed by atoms with Gasteiger partial charge in [-0.15, -0.1) is 0 Å². The minimum Gasteiger partial charge on any atom is -0.349 e. The first-order valence-corrected chi connectivity index (χ1v) is 4.38. The average molecular weight is 168 g/mol. The lowest BCUT2D eigenvalue weighted by Crippen LogP contribution is -2.48. The second-order valence-electron chi connectivity index (χ2n) is 3.30. The Kier molecular flexibility index (Phi) is 3.29. The van der Waals surface area contributed by atoms with Crippen molar-refractivity contribution in [3.05, 3.63) is 12.7 Å². The standard InChI is InChI=1S/C9H16N2O/c1-3-9(12)11-8-5-4-7(2)10-6-8/h3,7-8,10H,1,4-6H2,2H3,(H,11,12). The molecule has 0 aromatic rings. The maximum Gasteiger partial charge on any atom is 0.243 e. The summed E-state index contributed by atoms with van der Waals surface area (Å²) in [5, 5.41) is 6.18. The largest absolute Gasteiger partial charge is 0.349 e. The minimum atomic E-state index is -0.0728. The number of nitrogens with one attached hydrogen (secondary N) is 2. The quantitative estimate of drug-likeness (QED) is 0.587. The highest BCUT2D eigenvalue weighted by atomic mass is 16.1. The second kappa shape index (κ2) is 4.26. The Balaban J connectivity index is 2.26. The molecule has 0 spiro atoms. The van der Waals surface area contributed by atoms with Crippen LogP contribution >= 0.6 is 0 Å². The molecule has 1 aliphatic rings. The fourth-order valence-corrected chi connectivity index (χ4v) is 1.38. The molecular formula is C9H16N2O. The Morgan fingerprint density at radius 2 is 2.42 bits per heavy atom. The van der Waals surface area contributed by atoms with E-state index in [1.54, 1.807) is 0 Å². The molecular weight excluding hydrogens is 152 g/mol. The van der Waals surface area contributed by atoms with E-state index in [0.29, 0.717) is 6.04 Å². The van der Waals surface area contributed by atoms with Gasteiger partial charge in [0.05, 0.1) is 0 Å². The summed E-state index contributed by atoms with van der Waals surface area (Å²) in [6, 6.07) is 0.869. The van der Waals surface area contributed by atoms with E-state index in [-0.39, 0.29) is 11.9 Å². The van der Waals surface area contributed by atoms with Crippen molar-refractivity contribution in [2.24, 2.45) is 0 Å². The van der Waals surface area contributed by atoms with Gasteiger partial charge < -0.3 is 10.6 Å². The van der Waals surface area contributed by atoms with Crippen molar-refractivity contribution in [3.63, 3.8) is 0 Å². The smallest absolute Gasteiger partial charge is 0.243 e. The molecule has 12 heavy (non-hydrogen) atoms. The number of piperidine rings is 1. The van der Waals surface area contributed by atoms with E-state index in [9.17, 15) is 4.79 Å². The molecule has 0 bridgehead atoms. The third kappa shape index (κ3) is 2.66. The van der Waals surface area contributed by atoms with Crippen LogP contribution in [0, 0.1) is 0 Å². The van der Waals surface area contributed by atoms with Crippen molar-refractivity contribution in [1.82, 2.24) is 10.6 Å². The fraction of sp³-hybridized carbons (Fsp3) is 0.667. The number of hydrogen-bond donors (Lipinski definition) is 2. The van der Waals surface area contributed by atoms with E-state index in [1.807, 2.05) is 0 Å². The van der Waals surface area contributed by atoms with Gasteiger partial charge in [0.2, 0.25) is 5.91 Å². The summed E-state index contributed by atoms with van der Waals surface area (Å²) in [4.78, 5) is 10.9. The topological polar surface area (TPSA) is 41.1 Å². The van der Waals surface area contributed by atoms with Crippen LogP contribution in [0.2, 0.25) is 0 Å². The molecule has 0 aliphatic carbocycles. The molecule has 2 N–H and O–H groups in total. The van der Waals surface area contributed by atoms with E-state index in [1.165, 1.54) is 6.08 Å². The zero-order chi connectivity index (χ0) is 8.97. The van der Waals surface area contributed by atoms with Crippen molar-refractivity contribution in [1.29, 1.82) is 0 Å². The van der Waals surface area contributed by atoms with E-state index in [2.05, 4.69) is 24.1 Å². The molecule has 3 heteroatoms. The number of amides is 1. The summed E-state index contributed by atoms with van der Waals surface area (Å²) in [5.41, 5.74) is 0. The highest BCUT2D eigenvalue weighted by Gasteiger charge is 2.17. The molecule has 0 saturated carbocycles. The van der Waals surface area contributed by atoms with Crippen LogP contribution < -0.4 is 10.6 Å². The van der Waals surface area contributed by atoms with Crippen molar-refractivity contribution in [3.8, 4) is 0 Å². The highest BCUT2D eigenvalue weighted by Crippen LogP contribution is 2.06. The maximum atomic E-state index is 10.9. The minimum absolute atomic E-state index is 0.0728. The lowest BCUT2D eigenvalue weighted by Gasteiger charge is -2.27. The first kappa shape index (κ1) is 9.26. The molecule has 2 unspecified atom stereocenters. The number of carbonyl (C=O) groups is 1. The second-order valence-corrected chi connectivity index (χ2v) is 3.30. The average Bonchev–Trinajstić information content (AvgIpc) is 2.09. The molecule has 0 aromatic heterocycles. The van der Waals surface area contributed by atoms with Crippen LogP contribution in [0.3, 0.4) is 0 Å². The van der Waals surface area contributed by atoms with E-state index in [0.717, 1.165) is 19.4 Å². The summed E-state index contributed by atoms with van der Waals surface area (Å²) < 4.78 is 0. The van der Waals surface area contributed by atoms with Crippen molar-refractivity contribution in [2.45, 2.75) is 31.8 Å². The van der Waals surface area contributed by atoms with Gasteiger partial charge in [-0.05, 0) is 25.8 Å². The van der Waals surface area contributed by atoms with Gasteiger partial charge in [-0.1, -0.05) is 6.58 Å². The van der Waals surface area contributed by atoms with Gasteiger partial charge in [-0.2, -0.15) is 0 Å². The predicted molar refractivity (Wildman–Crippen MR) is 48.8 cm³/mol. The van der Waals surface area contributed by atoms with Crippen molar-refractivity contribution < 1.29 is 4.79 Å². The van der Waals surface area contributed by atoms with Crippen LogP contribution in [-0.2, 0) is 4.79 Å². The monoisotopic (exact) mass is 168 g/mol. The van der Waals surface area contributed by atoms with Gasteiger partial charge in [0, 0.05) is 18.6 Å². The van der Waals surface area contributed by atoms with Crippen molar-refractivity contribution in [2.75, 3.05) is 6.54 Å². The van der Waals surface area contributed by atoms with Crippen LogP contribution in [0.15, 0.2) is 12.7 Å². The normalized spacial score (nSPS) is 29.4. The maximum absolute atomic E-state index is 10.9. The van der Waals surface area contributed by atoms with Gasteiger partial charge >= 0.3 is 0 Å². The summed E-state index contributed by atoms with van der Waals surface area (Å²) >= 11 is 0. The van der Waals surface area contributed by atoms with Gasteiger partial charge in [0.25, 0.3) is 0 Å². The molecule has 1 fully saturated rings. The highest BCUT2D eigenvalue weighted by molar-refractivity contribution is 5.87. The molecule has 3 nitrogen and oxygen atoms in total. The van der Waals surface area contributed by atoms with Gasteiger partial charge in [-0.25, -0.2) is 0 Å². The van der Waals surface area contributed by atoms with Crippen LogP contribution in [0.25, 0.3) is 0 Å². The van der Waals surface area contributed by atoms with E-state index >= 15 is 0 Å². The first-order valence-electron chi connectivity index (χ1n) is 4.38. The first-order chi connectivity index (χ1) is 5.72. The predicted octanol–water partition coefficient (Wildman–Crippen LogP) is 0.429. The molecule has 0 aromatic carbocycles. The number of carbonyl (C=O) groups excluding carboxylic acids is 1. The molecule has 1 saturated heterocycles. The van der Waals surface area contributed by atoms with Gasteiger partial charge in [-0.3, -0.25) is 4.79 Å². The molecule has 1 rings (SSSR count). The van der Waals surface area contributed by atoms with Crippen LogP contribution in [0.5, 0.6) is 0 Å². The lowest BCUT2D eigenvalue weighted by molar-refractivity contribution is -0.117. The summed E-state index contributed by atoms with van der Waals surface area (Å²) in [6.45, 7) is 6.44. The number of hydrogen-bond acceptors (Lipinski definition) is 2. The Hall–Kier alpha value is -0.830. The SMILES string of the molecule is C=CC(=O)NC1CCC(C)NC1.